The summed E-state index contributed by atoms with van der Waals surface area (Å²) in [5.74, 6) is 7.39. The number of carbonyl (C=O) groups is 1. The Morgan fingerprint density at radius 3 is 1.78 bits per heavy atom. The fourth-order valence-corrected chi connectivity index (χ4v) is 4.69. The van der Waals surface area contributed by atoms with E-state index in [2.05, 4.69) is 74.5 Å². The molecule has 4 nitrogen and oxygen atoms in total. The quantitative estimate of drug-likeness (QED) is 0.142. The topological polar surface area (TPSA) is 58.6 Å². The molecule has 0 fully saturated rings. The molecule has 1 rings (SSSR count). The first-order chi connectivity index (χ1) is 17.4. The van der Waals surface area contributed by atoms with Crippen molar-refractivity contribution < 1.29 is 14.6 Å². The molecule has 0 aliphatic carbocycles. The molecular formula is C31H51NO3Si2. The van der Waals surface area contributed by atoms with Crippen LogP contribution in [-0.4, -0.2) is 40.4 Å². The van der Waals surface area contributed by atoms with Gasteiger partial charge in [0, 0.05) is 13.0 Å². The SMILES string of the molecule is CCCCCCCCCCCC(=O)NCc1cc(C#C[Si](C)(C)C)c(OCCO)c(C#C[Si](C)(C)C)c1. The molecule has 0 aliphatic rings. The van der Waals surface area contributed by atoms with Crippen LogP contribution in [0.4, 0.5) is 0 Å². The summed E-state index contributed by atoms with van der Waals surface area (Å²) in [4.78, 5) is 12.5. The third kappa shape index (κ3) is 16.5. The molecule has 1 aromatic carbocycles. The Balaban J connectivity index is 2.89. The fourth-order valence-electron chi connectivity index (χ4n) is 3.67. The lowest BCUT2D eigenvalue weighted by atomic mass is 10.0. The molecule has 0 saturated heterocycles. The monoisotopic (exact) mass is 541 g/mol. The van der Waals surface area contributed by atoms with Crippen molar-refractivity contribution in [3.05, 3.63) is 28.8 Å². The number of unbranched alkanes of at least 4 members (excludes halogenated alkanes) is 8. The second-order valence-electron chi connectivity index (χ2n) is 11.9. The second kappa shape index (κ2) is 17.5. The highest BCUT2D eigenvalue weighted by atomic mass is 28.3. The highest BCUT2D eigenvalue weighted by molar-refractivity contribution is 6.84. The second-order valence-corrected chi connectivity index (χ2v) is 21.4. The lowest BCUT2D eigenvalue weighted by Crippen LogP contribution is -2.22. The van der Waals surface area contributed by atoms with E-state index in [9.17, 15) is 9.90 Å². The third-order valence-electron chi connectivity index (χ3n) is 5.63. The summed E-state index contributed by atoms with van der Waals surface area (Å²) in [6.45, 7) is 16.0. The molecule has 0 bridgehead atoms. The van der Waals surface area contributed by atoms with Crippen molar-refractivity contribution in [2.75, 3.05) is 13.2 Å². The maximum Gasteiger partial charge on any atom is 0.220 e. The zero-order valence-corrected chi connectivity index (χ0v) is 26.6. The molecule has 1 aromatic rings. The summed E-state index contributed by atoms with van der Waals surface area (Å²) in [6.07, 6.45) is 11.8. The summed E-state index contributed by atoms with van der Waals surface area (Å²) in [5.41, 5.74) is 9.38. The van der Waals surface area contributed by atoms with Crippen molar-refractivity contribution in [1.29, 1.82) is 0 Å². The molecule has 0 radical (unpaired) electrons. The lowest BCUT2D eigenvalue weighted by molar-refractivity contribution is -0.121. The largest absolute Gasteiger partial charge is 0.489 e. The van der Waals surface area contributed by atoms with Gasteiger partial charge < -0.3 is 15.2 Å². The van der Waals surface area contributed by atoms with E-state index in [4.69, 9.17) is 4.74 Å². The summed E-state index contributed by atoms with van der Waals surface area (Å²) in [7, 11) is -3.22. The Labute approximate surface area is 229 Å². The predicted molar refractivity (Wildman–Crippen MR) is 163 cm³/mol. The number of amides is 1. The molecule has 0 heterocycles. The minimum atomic E-state index is -1.61. The zero-order valence-electron chi connectivity index (χ0n) is 24.6. The van der Waals surface area contributed by atoms with Crippen LogP contribution in [0.15, 0.2) is 12.1 Å². The molecule has 0 atom stereocenters. The van der Waals surface area contributed by atoms with Gasteiger partial charge in [0.1, 0.15) is 22.8 Å². The molecular weight excluding hydrogens is 491 g/mol. The van der Waals surface area contributed by atoms with Gasteiger partial charge in [0.15, 0.2) is 5.75 Å². The van der Waals surface area contributed by atoms with E-state index in [0.29, 0.717) is 18.7 Å². The average Bonchev–Trinajstić information content (AvgIpc) is 2.82. The molecule has 0 saturated carbocycles. The van der Waals surface area contributed by atoms with Crippen molar-refractivity contribution in [2.45, 2.75) is 117 Å². The predicted octanol–water partition coefficient (Wildman–Crippen LogP) is 7.05. The first-order valence-electron chi connectivity index (χ1n) is 14.2. The van der Waals surface area contributed by atoms with Gasteiger partial charge in [-0.15, -0.1) is 11.1 Å². The van der Waals surface area contributed by atoms with Gasteiger partial charge in [-0.25, -0.2) is 0 Å². The van der Waals surface area contributed by atoms with Crippen LogP contribution in [0.1, 0.15) is 87.8 Å². The number of ether oxygens (including phenoxy) is 1. The van der Waals surface area contributed by atoms with E-state index in [1.54, 1.807) is 0 Å². The van der Waals surface area contributed by atoms with Crippen LogP contribution in [0.3, 0.4) is 0 Å². The van der Waals surface area contributed by atoms with Gasteiger partial charge in [-0.3, -0.25) is 4.79 Å². The average molecular weight is 542 g/mol. The van der Waals surface area contributed by atoms with Crippen molar-refractivity contribution in [1.82, 2.24) is 5.32 Å². The Morgan fingerprint density at radius 2 is 1.32 bits per heavy atom. The van der Waals surface area contributed by atoms with Gasteiger partial charge in [0.25, 0.3) is 0 Å². The van der Waals surface area contributed by atoms with Gasteiger partial charge >= 0.3 is 0 Å². The van der Waals surface area contributed by atoms with E-state index in [1.807, 2.05) is 12.1 Å². The van der Waals surface area contributed by atoms with Crippen LogP contribution in [0, 0.1) is 22.9 Å². The fraction of sp³-hybridized carbons (Fsp3) is 0.645. The molecule has 0 spiro atoms. The van der Waals surface area contributed by atoms with E-state index < -0.39 is 16.1 Å². The molecule has 1 amide bonds. The van der Waals surface area contributed by atoms with Crippen LogP contribution in [0.5, 0.6) is 5.75 Å². The van der Waals surface area contributed by atoms with Crippen molar-refractivity contribution in [2.24, 2.45) is 0 Å². The van der Waals surface area contributed by atoms with Gasteiger partial charge in [-0.05, 0) is 24.1 Å². The van der Waals surface area contributed by atoms with E-state index in [1.165, 1.54) is 44.9 Å². The van der Waals surface area contributed by atoms with E-state index in [0.717, 1.165) is 29.5 Å². The number of hydrogen-bond acceptors (Lipinski definition) is 3. The van der Waals surface area contributed by atoms with Crippen LogP contribution in [0.25, 0.3) is 0 Å². The summed E-state index contributed by atoms with van der Waals surface area (Å²) in [5, 5.41) is 12.4. The summed E-state index contributed by atoms with van der Waals surface area (Å²) < 4.78 is 5.93. The van der Waals surface area contributed by atoms with Crippen molar-refractivity contribution >= 4 is 22.1 Å². The van der Waals surface area contributed by atoms with Gasteiger partial charge in [0.05, 0.1) is 17.7 Å². The van der Waals surface area contributed by atoms with E-state index in [-0.39, 0.29) is 19.1 Å². The maximum absolute atomic E-state index is 12.5. The number of benzene rings is 1. The van der Waals surface area contributed by atoms with Crippen molar-refractivity contribution in [3.8, 4) is 28.7 Å². The number of carbonyl (C=O) groups excluding carboxylic acids is 1. The zero-order chi connectivity index (χ0) is 27.7. The lowest BCUT2D eigenvalue weighted by Gasteiger charge is -2.14. The number of aliphatic hydroxyl groups excluding tert-OH is 1. The van der Waals surface area contributed by atoms with E-state index >= 15 is 0 Å². The minimum Gasteiger partial charge on any atom is -0.489 e. The Hall–Kier alpha value is -2.00. The normalized spacial score (nSPS) is 11.2. The van der Waals surface area contributed by atoms with Gasteiger partial charge in [-0.1, -0.05) is 109 Å². The van der Waals surface area contributed by atoms with Gasteiger partial charge in [-0.2, -0.15) is 0 Å². The molecule has 0 aliphatic heterocycles. The smallest absolute Gasteiger partial charge is 0.220 e. The number of hydrogen-bond donors (Lipinski definition) is 2. The van der Waals surface area contributed by atoms with Crippen molar-refractivity contribution in [3.63, 3.8) is 0 Å². The molecule has 206 valence electrons. The Bertz CT molecular complexity index is 900. The van der Waals surface area contributed by atoms with Crippen LogP contribution < -0.4 is 10.1 Å². The number of aliphatic hydroxyl groups is 1. The summed E-state index contributed by atoms with van der Waals surface area (Å²) in [6, 6.07) is 4.00. The number of nitrogens with one attached hydrogen (secondary N) is 1. The minimum absolute atomic E-state index is 0.0710. The highest BCUT2D eigenvalue weighted by Crippen LogP contribution is 2.26. The Kier molecular flexibility index (Phi) is 15.6. The maximum atomic E-state index is 12.5. The molecule has 0 aromatic heterocycles. The first kappa shape index (κ1) is 33.0. The summed E-state index contributed by atoms with van der Waals surface area (Å²) >= 11 is 0. The molecule has 6 heteroatoms. The van der Waals surface area contributed by atoms with Crippen LogP contribution in [-0.2, 0) is 11.3 Å². The van der Waals surface area contributed by atoms with Gasteiger partial charge in [0.2, 0.25) is 5.91 Å². The molecule has 37 heavy (non-hydrogen) atoms. The van der Waals surface area contributed by atoms with Crippen LogP contribution >= 0.6 is 0 Å². The number of rotatable bonds is 15. The molecule has 0 unspecified atom stereocenters. The highest BCUT2D eigenvalue weighted by Gasteiger charge is 2.15. The molecule has 2 N–H and O–H groups in total. The van der Waals surface area contributed by atoms with Crippen LogP contribution in [0.2, 0.25) is 39.3 Å². The Morgan fingerprint density at radius 1 is 0.838 bits per heavy atom. The first-order valence-corrected chi connectivity index (χ1v) is 21.2. The standard InChI is InChI=1S/C31H51NO3Si2/c1-8-9-10-11-12-13-14-15-16-17-30(34)32-26-27-24-28(18-22-36(2,3)4)31(35-21-20-33)29(25-27)19-23-37(5,6)7/h24-25,33H,8-17,20-21,26H2,1-7H3,(H,32,34). The third-order valence-corrected chi connectivity index (χ3v) is 7.38.